The number of anilines is 1. The number of aromatic nitrogens is 1. The van der Waals surface area contributed by atoms with Crippen LogP contribution in [0.5, 0.6) is 0 Å². The van der Waals surface area contributed by atoms with Crippen LogP contribution in [0.3, 0.4) is 0 Å². The van der Waals surface area contributed by atoms with Crippen LogP contribution >= 0.6 is 23.8 Å². The summed E-state index contributed by atoms with van der Waals surface area (Å²) in [5.74, 6) is -6.92. The number of hydrogen-bond donors (Lipinski definition) is 2. The molecule has 2 N–H and O–H groups in total. The number of thiocarbonyl (C=S) groups is 1. The molecule has 0 saturated carbocycles. The van der Waals surface area contributed by atoms with Crippen molar-refractivity contribution in [2.45, 2.75) is 37.8 Å². The van der Waals surface area contributed by atoms with Gasteiger partial charge in [0.15, 0.2) is 0 Å². The summed E-state index contributed by atoms with van der Waals surface area (Å²) >= 11 is 10.8. The maximum absolute atomic E-state index is 15.5. The second kappa shape index (κ2) is 7.99. The van der Waals surface area contributed by atoms with Crippen molar-refractivity contribution in [3.63, 3.8) is 0 Å². The number of alkyl halides is 2. The summed E-state index contributed by atoms with van der Waals surface area (Å²) < 4.78 is 65.4. The van der Waals surface area contributed by atoms with Gasteiger partial charge in [0.1, 0.15) is 33.5 Å². The molecule has 166 valence electrons. The average Bonchev–Trinajstić information content (AvgIpc) is 2.73. The highest BCUT2D eigenvalue weighted by molar-refractivity contribution is 7.80. The quantitative estimate of drug-likeness (QED) is 0.491. The molecule has 1 saturated heterocycles. The summed E-state index contributed by atoms with van der Waals surface area (Å²) in [6.45, 7) is 3.04. The number of nitrogens with zero attached hydrogens (tertiary/aromatic N) is 1. The van der Waals surface area contributed by atoms with Gasteiger partial charge in [0.05, 0.1) is 17.3 Å². The number of pyridine rings is 1. The summed E-state index contributed by atoms with van der Waals surface area (Å²) in [6.07, 6.45) is 1.21. The molecule has 11 heteroatoms. The maximum Gasteiger partial charge on any atom is 0.302 e. The molecule has 3 rings (SSSR count). The molecule has 5 nitrogen and oxygen atoms in total. The third-order valence-electron chi connectivity index (χ3n) is 5.14. The first-order valence-corrected chi connectivity index (χ1v) is 9.82. The van der Waals surface area contributed by atoms with Crippen molar-refractivity contribution >= 4 is 40.4 Å². The van der Waals surface area contributed by atoms with Gasteiger partial charge in [0.25, 0.3) is 5.91 Å². The van der Waals surface area contributed by atoms with Gasteiger partial charge in [-0.25, -0.2) is 22.5 Å². The van der Waals surface area contributed by atoms with Crippen molar-refractivity contribution in [2.24, 2.45) is 0 Å². The van der Waals surface area contributed by atoms with Gasteiger partial charge in [-0.05, 0) is 39.0 Å². The fraction of sp³-hybridized carbons (Fsp3) is 0.350. The summed E-state index contributed by atoms with van der Waals surface area (Å²) in [7, 11) is 0. The Morgan fingerprint density at radius 3 is 2.52 bits per heavy atom. The predicted octanol–water partition coefficient (Wildman–Crippen LogP) is 4.84. The minimum Gasteiger partial charge on any atom is -0.363 e. The van der Waals surface area contributed by atoms with Gasteiger partial charge in [-0.1, -0.05) is 23.8 Å². The topological polar surface area (TPSA) is 63.2 Å². The molecule has 0 radical (unpaired) electrons. The van der Waals surface area contributed by atoms with E-state index in [0.717, 1.165) is 26.8 Å². The van der Waals surface area contributed by atoms with Crippen LogP contribution in [0.1, 0.15) is 36.8 Å². The number of ether oxygens (including phenoxy) is 1. The number of halogens is 5. The van der Waals surface area contributed by atoms with E-state index in [1.165, 1.54) is 18.3 Å². The molecule has 2 heterocycles. The number of carbonyl (C=O) groups excluding carboxylic acids is 1. The molecule has 31 heavy (non-hydrogen) atoms. The van der Waals surface area contributed by atoms with E-state index in [1.807, 2.05) is 0 Å². The molecule has 0 spiro atoms. The zero-order valence-electron chi connectivity index (χ0n) is 16.7. The molecule has 0 aliphatic carbocycles. The zero-order chi connectivity index (χ0) is 23.2. The van der Waals surface area contributed by atoms with E-state index in [-0.39, 0.29) is 22.3 Å². The number of benzene rings is 1. The lowest BCUT2D eigenvalue weighted by Gasteiger charge is -2.44. The SMILES string of the molecule is CC1(C)OCC(=S)NC(C)(c2cc(NC(=O)c3ccc(Cl)cn3)c(F)cc2F)C1(F)F. The van der Waals surface area contributed by atoms with Crippen molar-refractivity contribution in [1.82, 2.24) is 10.3 Å². The Bertz CT molecular complexity index is 1050. The maximum atomic E-state index is 15.5. The lowest BCUT2D eigenvalue weighted by molar-refractivity contribution is -0.216. The predicted molar refractivity (Wildman–Crippen MR) is 112 cm³/mol. The van der Waals surface area contributed by atoms with Crippen LogP contribution in [0.2, 0.25) is 5.02 Å². The third-order valence-corrected chi connectivity index (χ3v) is 5.58. The number of nitrogens with one attached hydrogen (secondary N) is 2. The van der Waals surface area contributed by atoms with E-state index < -0.39 is 45.9 Å². The van der Waals surface area contributed by atoms with Crippen LogP contribution in [0.25, 0.3) is 0 Å². The normalized spacial score (nSPS) is 22.4. The first-order chi connectivity index (χ1) is 14.3. The third kappa shape index (κ3) is 4.11. The van der Waals surface area contributed by atoms with Gasteiger partial charge in [-0.3, -0.25) is 4.79 Å². The fourth-order valence-corrected chi connectivity index (χ4v) is 3.67. The second-order valence-electron chi connectivity index (χ2n) is 7.67. The molecule has 1 aromatic carbocycles. The highest BCUT2D eigenvalue weighted by atomic mass is 35.5. The van der Waals surface area contributed by atoms with Gasteiger partial charge in [0, 0.05) is 17.8 Å². The lowest BCUT2D eigenvalue weighted by atomic mass is 9.77. The van der Waals surface area contributed by atoms with E-state index in [0.29, 0.717) is 6.07 Å². The van der Waals surface area contributed by atoms with Gasteiger partial charge in [0.2, 0.25) is 0 Å². The second-order valence-corrected chi connectivity index (χ2v) is 8.60. The standard InChI is InChI=1S/C20H18ClF4N3O2S/c1-18(2)20(24,25)19(3,28-16(31)9-30-18)11-6-15(13(23)7-12(11)22)27-17(29)14-5-4-10(21)8-26-14/h4-8H,9H2,1-3H3,(H,27,29)(H,28,31). The minimum atomic E-state index is -3.70. The zero-order valence-corrected chi connectivity index (χ0v) is 18.2. The van der Waals surface area contributed by atoms with Crippen molar-refractivity contribution in [3.8, 4) is 0 Å². The van der Waals surface area contributed by atoms with Gasteiger partial charge >= 0.3 is 5.92 Å². The molecule has 1 unspecified atom stereocenters. The van der Waals surface area contributed by atoms with Crippen molar-refractivity contribution in [3.05, 3.63) is 58.4 Å². The smallest absolute Gasteiger partial charge is 0.302 e. The molecule has 0 bridgehead atoms. The van der Waals surface area contributed by atoms with Crippen LogP contribution in [0.15, 0.2) is 30.5 Å². The Morgan fingerprint density at radius 2 is 1.90 bits per heavy atom. The van der Waals surface area contributed by atoms with Crippen molar-refractivity contribution in [2.75, 3.05) is 11.9 Å². The average molecular weight is 476 g/mol. The largest absolute Gasteiger partial charge is 0.363 e. The van der Waals surface area contributed by atoms with Crippen molar-refractivity contribution < 1.29 is 27.1 Å². The van der Waals surface area contributed by atoms with Crippen LogP contribution < -0.4 is 10.6 Å². The number of hydrogen-bond acceptors (Lipinski definition) is 4. The van der Waals surface area contributed by atoms with E-state index in [2.05, 4.69) is 15.6 Å². The van der Waals surface area contributed by atoms with Crippen LogP contribution in [-0.2, 0) is 10.3 Å². The first-order valence-electron chi connectivity index (χ1n) is 9.04. The molecular formula is C20H18ClF4N3O2S. The number of rotatable bonds is 3. The Morgan fingerprint density at radius 1 is 1.23 bits per heavy atom. The molecule has 1 fully saturated rings. The molecule has 2 aromatic rings. The van der Waals surface area contributed by atoms with E-state index in [9.17, 15) is 13.6 Å². The van der Waals surface area contributed by atoms with E-state index in [4.69, 9.17) is 28.6 Å². The monoisotopic (exact) mass is 475 g/mol. The highest BCUT2D eigenvalue weighted by Crippen LogP contribution is 2.48. The van der Waals surface area contributed by atoms with Crippen molar-refractivity contribution in [1.29, 1.82) is 0 Å². The van der Waals surface area contributed by atoms with Crippen LogP contribution in [0, 0.1) is 11.6 Å². The Hall–Kier alpha value is -2.30. The fourth-order valence-electron chi connectivity index (χ4n) is 3.29. The van der Waals surface area contributed by atoms with Gasteiger partial charge in [-0.15, -0.1) is 0 Å². The summed E-state index contributed by atoms with van der Waals surface area (Å²) in [5.41, 5.74) is -5.65. The van der Waals surface area contributed by atoms with E-state index in [1.54, 1.807) is 0 Å². The summed E-state index contributed by atoms with van der Waals surface area (Å²) in [6, 6.07) is 3.92. The van der Waals surface area contributed by atoms with Crippen LogP contribution in [-0.4, -0.2) is 34.0 Å². The Labute approximate surface area is 186 Å². The first kappa shape index (κ1) is 23.4. The molecule has 1 amide bonds. The molecule has 1 aliphatic heterocycles. The van der Waals surface area contributed by atoms with Gasteiger partial charge in [-0.2, -0.15) is 0 Å². The molecule has 1 aliphatic rings. The lowest BCUT2D eigenvalue weighted by Crippen LogP contribution is -2.62. The number of amides is 1. The molecular weight excluding hydrogens is 458 g/mol. The minimum absolute atomic E-state index is 0.0765. The van der Waals surface area contributed by atoms with E-state index >= 15 is 8.78 Å². The van der Waals surface area contributed by atoms with Gasteiger partial charge < -0.3 is 15.4 Å². The summed E-state index contributed by atoms with van der Waals surface area (Å²) in [4.78, 5) is 16.1. The number of carbonyl (C=O) groups is 1. The van der Waals surface area contributed by atoms with Crippen LogP contribution in [0.4, 0.5) is 23.2 Å². The Kier molecular flexibility index (Phi) is 6.03. The molecule has 1 aromatic heterocycles. The highest BCUT2D eigenvalue weighted by Gasteiger charge is 2.64. The molecule has 1 atom stereocenters. The Balaban J connectivity index is 2.08. The summed E-state index contributed by atoms with van der Waals surface area (Å²) in [5, 5.41) is 4.95.